The number of ether oxygens (including phenoxy) is 1. The predicted molar refractivity (Wildman–Crippen MR) is 144 cm³/mol. The van der Waals surface area contributed by atoms with Gasteiger partial charge in [-0.1, -0.05) is 18.2 Å². The molecular weight excluding hydrogens is 462 g/mol. The Hall–Kier alpha value is -3.49. The zero-order valence-electron chi connectivity index (χ0n) is 21.0. The van der Waals surface area contributed by atoms with Crippen LogP contribution in [0.4, 0.5) is 5.82 Å². The van der Waals surface area contributed by atoms with Crippen LogP contribution in [0.3, 0.4) is 0 Å². The van der Waals surface area contributed by atoms with E-state index in [4.69, 9.17) is 15.6 Å². The number of rotatable bonds is 5. The smallest absolute Gasteiger partial charge is 0.164 e. The van der Waals surface area contributed by atoms with Crippen molar-refractivity contribution in [1.29, 1.82) is 0 Å². The number of hydrogen-bond donors (Lipinski definition) is 2. The minimum absolute atomic E-state index is 0.332. The molecule has 190 valence electrons. The largest absolute Gasteiger partial charge is 0.457 e. The molecule has 8 nitrogen and oxygen atoms in total. The van der Waals surface area contributed by atoms with Crippen molar-refractivity contribution in [3.63, 3.8) is 0 Å². The molecule has 37 heavy (non-hydrogen) atoms. The van der Waals surface area contributed by atoms with Gasteiger partial charge in [-0.15, -0.1) is 0 Å². The van der Waals surface area contributed by atoms with Crippen LogP contribution >= 0.6 is 0 Å². The molecule has 2 aromatic carbocycles. The number of benzene rings is 2. The minimum atomic E-state index is 0.332. The number of para-hydroxylation sites is 1. The van der Waals surface area contributed by atoms with E-state index in [1.807, 2.05) is 54.6 Å². The molecule has 3 fully saturated rings. The number of nitrogen functional groups attached to an aromatic ring is 1. The predicted octanol–water partition coefficient (Wildman–Crippen LogP) is 4.65. The van der Waals surface area contributed by atoms with Crippen LogP contribution in [0.1, 0.15) is 38.1 Å². The second-order valence-electron chi connectivity index (χ2n) is 11.0. The van der Waals surface area contributed by atoms with E-state index in [-0.39, 0.29) is 0 Å². The molecule has 0 radical (unpaired) electrons. The molecule has 0 unspecified atom stereocenters. The Bertz CT molecular complexity index is 1380. The highest BCUT2D eigenvalue weighted by Crippen LogP contribution is 2.48. The van der Waals surface area contributed by atoms with Crippen LogP contribution in [0.2, 0.25) is 0 Å². The summed E-state index contributed by atoms with van der Waals surface area (Å²) in [5, 5.41) is 9.45. The molecule has 1 aliphatic carbocycles. The number of hydrogen-bond acceptors (Lipinski definition) is 7. The van der Waals surface area contributed by atoms with Crippen LogP contribution in [0.25, 0.3) is 22.3 Å². The summed E-state index contributed by atoms with van der Waals surface area (Å²) < 4.78 is 8.10. The third-order valence-electron chi connectivity index (χ3n) is 8.61. The second-order valence-corrected chi connectivity index (χ2v) is 11.0. The van der Waals surface area contributed by atoms with Gasteiger partial charge in [-0.05, 0) is 80.5 Å². The van der Waals surface area contributed by atoms with Gasteiger partial charge in [0.15, 0.2) is 5.65 Å². The molecule has 3 aliphatic rings. The lowest BCUT2D eigenvalue weighted by atomic mass is 9.67. The molecule has 1 saturated carbocycles. The van der Waals surface area contributed by atoms with Gasteiger partial charge in [-0.2, -0.15) is 5.10 Å². The Kier molecular flexibility index (Phi) is 5.59. The standard InChI is InChI=1S/C29H33N7O/c30-27-25-26(20-6-8-24(9-7-20)37-23-4-2-1-3-5-23)34-36(28(25)33-19-32-27)21-10-13-29(14-11-21)17-35(18-29)22-12-15-31-16-22/h1-9,19,21-22,31H,10-18H2,(H2,30,32,33)/t22-/m0/s1. The maximum atomic E-state index is 6.38. The Morgan fingerprint density at radius 2 is 1.65 bits per heavy atom. The second kappa shape index (κ2) is 9.11. The highest BCUT2D eigenvalue weighted by atomic mass is 16.5. The van der Waals surface area contributed by atoms with E-state index in [0.29, 0.717) is 17.3 Å². The lowest BCUT2D eigenvalue weighted by Crippen LogP contribution is -2.61. The summed E-state index contributed by atoms with van der Waals surface area (Å²) in [7, 11) is 0. The maximum absolute atomic E-state index is 6.38. The van der Waals surface area contributed by atoms with Gasteiger partial charge in [-0.3, -0.25) is 4.90 Å². The first-order chi connectivity index (χ1) is 18.2. The van der Waals surface area contributed by atoms with Gasteiger partial charge in [0.05, 0.1) is 11.4 Å². The van der Waals surface area contributed by atoms with Gasteiger partial charge < -0.3 is 15.8 Å². The lowest BCUT2D eigenvalue weighted by molar-refractivity contribution is -0.0577. The Labute approximate surface area is 216 Å². The molecule has 2 saturated heterocycles. The van der Waals surface area contributed by atoms with Crippen LogP contribution in [-0.2, 0) is 0 Å². The number of nitrogens with two attached hydrogens (primary N) is 1. The van der Waals surface area contributed by atoms with Crippen molar-refractivity contribution in [3.05, 3.63) is 60.9 Å². The molecule has 3 N–H and O–H groups in total. The van der Waals surface area contributed by atoms with Crippen molar-refractivity contribution < 1.29 is 4.74 Å². The minimum Gasteiger partial charge on any atom is -0.457 e. The van der Waals surface area contributed by atoms with E-state index < -0.39 is 0 Å². The topological polar surface area (TPSA) is 94.1 Å². The molecule has 0 amide bonds. The molecule has 0 bridgehead atoms. The van der Waals surface area contributed by atoms with E-state index in [1.54, 1.807) is 6.33 Å². The van der Waals surface area contributed by atoms with Gasteiger partial charge in [0.2, 0.25) is 0 Å². The van der Waals surface area contributed by atoms with Crippen molar-refractivity contribution in [3.8, 4) is 22.8 Å². The summed E-state index contributed by atoms with van der Waals surface area (Å²) >= 11 is 0. The van der Waals surface area contributed by atoms with Crippen LogP contribution in [0, 0.1) is 5.41 Å². The molecule has 4 heterocycles. The highest BCUT2D eigenvalue weighted by Gasteiger charge is 2.47. The van der Waals surface area contributed by atoms with Crippen molar-refractivity contribution >= 4 is 16.9 Å². The van der Waals surface area contributed by atoms with Gasteiger partial charge in [-0.25, -0.2) is 14.6 Å². The first kappa shape index (κ1) is 22.7. The van der Waals surface area contributed by atoms with E-state index in [9.17, 15) is 0 Å². The summed E-state index contributed by atoms with van der Waals surface area (Å²) in [6, 6.07) is 18.9. The maximum Gasteiger partial charge on any atom is 0.164 e. The van der Waals surface area contributed by atoms with E-state index in [1.165, 1.54) is 38.9 Å². The zero-order chi connectivity index (χ0) is 24.8. The van der Waals surface area contributed by atoms with Crippen LogP contribution in [0.5, 0.6) is 11.5 Å². The third-order valence-corrected chi connectivity index (χ3v) is 8.61. The molecule has 1 spiro atoms. The summed E-state index contributed by atoms with van der Waals surface area (Å²) in [6.07, 6.45) is 7.59. The normalized spacial score (nSPS) is 21.9. The average Bonchev–Trinajstić information content (AvgIpc) is 3.58. The quantitative estimate of drug-likeness (QED) is 0.416. The number of likely N-dealkylation sites (tertiary alicyclic amines) is 1. The van der Waals surface area contributed by atoms with E-state index in [2.05, 4.69) is 24.9 Å². The Morgan fingerprint density at radius 1 is 0.892 bits per heavy atom. The third kappa shape index (κ3) is 4.14. The number of anilines is 1. The summed E-state index contributed by atoms with van der Waals surface area (Å²) in [6.45, 7) is 4.83. The Morgan fingerprint density at radius 3 is 2.38 bits per heavy atom. The fraction of sp³-hybridized carbons (Fsp3) is 0.414. The number of nitrogens with one attached hydrogen (secondary N) is 1. The summed E-state index contributed by atoms with van der Waals surface area (Å²) in [5.41, 5.74) is 9.53. The van der Waals surface area contributed by atoms with Gasteiger partial charge >= 0.3 is 0 Å². The lowest BCUT2D eigenvalue weighted by Gasteiger charge is -2.55. The Balaban J connectivity index is 1.11. The van der Waals surface area contributed by atoms with Crippen molar-refractivity contribution in [1.82, 2.24) is 30.0 Å². The van der Waals surface area contributed by atoms with Gasteiger partial charge in [0, 0.05) is 31.2 Å². The molecule has 4 aromatic rings. The first-order valence-corrected chi connectivity index (χ1v) is 13.4. The van der Waals surface area contributed by atoms with Crippen molar-refractivity contribution in [2.75, 3.05) is 31.9 Å². The van der Waals surface area contributed by atoms with E-state index in [0.717, 1.165) is 59.2 Å². The fourth-order valence-electron chi connectivity index (χ4n) is 6.56. The zero-order valence-corrected chi connectivity index (χ0v) is 21.0. The van der Waals surface area contributed by atoms with Crippen LogP contribution in [-0.4, -0.2) is 56.9 Å². The molecule has 2 aliphatic heterocycles. The first-order valence-electron chi connectivity index (χ1n) is 13.4. The monoisotopic (exact) mass is 495 g/mol. The molecule has 1 atom stereocenters. The summed E-state index contributed by atoms with van der Waals surface area (Å²) in [5.74, 6) is 2.07. The summed E-state index contributed by atoms with van der Waals surface area (Å²) in [4.78, 5) is 11.6. The molecule has 7 rings (SSSR count). The number of aromatic nitrogens is 4. The molecule has 2 aromatic heterocycles. The number of nitrogens with zero attached hydrogens (tertiary/aromatic N) is 5. The van der Waals surface area contributed by atoms with Crippen molar-refractivity contribution in [2.24, 2.45) is 5.41 Å². The fourth-order valence-corrected chi connectivity index (χ4v) is 6.56. The van der Waals surface area contributed by atoms with Gasteiger partial charge in [0.1, 0.15) is 29.3 Å². The molecule has 8 heteroatoms. The van der Waals surface area contributed by atoms with Crippen molar-refractivity contribution in [2.45, 2.75) is 44.2 Å². The van der Waals surface area contributed by atoms with Crippen LogP contribution < -0.4 is 15.8 Å². The van der Waals surface area contributed by atoms with Crippen LogP contribution in [0.15, 0.2) is 60.9 Å². The average molecular weight is 496 g/mol. The SMILES string of the molecule is Nc1ncnc2c1c(-c1ccc(Oc3ccccc3)cc1)nn2C1CCC2(CC1)CN([C@H]1CCNC1)C2. The van der Waals surface area contributed by atoms with E-state index >= 15 is 0 Å². The van der Waals surface area contributed by atoms with Gasteiger partial charge in [0.25, 0.3) is 0 Å². The highest BCUT2D eigenvalue weighted by molar-refractivity contribution is 5.98. The number of fused-ring (bicyclic) bond motifs is 1. The molecular formula is C29H33N7O.